The normalized spacial score (nSPS) is 13.1. The second-order valence-corrected chi connectivity index (χ2v) is 8.28. The van der Waals surface area contributed by atoms with Crippen LogP contribution in [-0.2, 0) is 15.6 Å². The molecule has 0 saturated heterocycles. The molecule has 0 unspecified atom stereocenters. The molecule has 4 nitrogen and oxygen atoms in total. The fourth-order valence-electron chi connectivity index (χ4n) is 1.79. The number of para-hydroxylation sites is 1. The third-order valence-electron chi connectivity index (χ3n) is 2.27. The van der Waals surface area contributed by atoms with E-state index in [1.165, 1.54) is 11.3 Å². The lowest BCUT2D eigenvalue weighted by Gasteiger charge is -2.17. The predicted octanol–water partition coefficient (Wildman–Crippen LogP) is 1.95. The quantitative estimate of drug-likeness (QED) is 0.931. The summed E-state index contributed by atoms with van der Waals surface area (Å²) in [5, 5.41) is 0.625. The van der Waals surface area contributed by atoms with Crippen molar-refractivity contribution < 1.29 is 8.42 Å². The van der Waals surface area contributed by atoms with Gasteiger partial charge in [-0.05, 0) is 26.0 Å². The van der Waals surface area contributed by atoms with Crippen LogP contribution in [-0.4, -0.2) is 24.7 Å². The molecule has 0 aliphatic rings. The molecular weight excluding hydrogens is 268 g/mol. The summed E-state index contributed by atoms with van der Waals surface area (Å²) in [5.74, 6) is -0.0666. The predicted molar refractivity (Wildman–Crippen MR) is 75.4 cm³/mol. The second-order valence-electron chi connectivity index (χ2n) is 5.10. The van der Waals surface area contributed by atoms with Gasteiger partial charge in [0.1, 0.15) is 10.8 Å². The van der Waals surface area contributed by atoms with Gasteiger partial charge in [0.2, 0.25) is 0 Å². The third kappa shape index (κ3) is 3.51. The third-order valence-corrected chi connectivity index (χ3v) is 5.39. The highest BCUT2D eigenvalue weighted by molar-refractivity contribution is 7.90. The van der Waals surface area contributed by atoms with E-state index in [4.69, 9.17) is 5.73 Å². The van der Waals surface area contributed by atoms with Gasteiger partial charge in [-0.25, -0.2) is 13.4 Å². The molecule has 2 rings (SSSR count). The monoisotopic (exact) mass is 284 g/mol. The van der Waals surface area contributed by atoms with Crippen LogP contribution in [0.2, 0.25) is 0 Å². The van der Waals surface area contributed by atoms with Crippen LogP contribution in [0, 0.1) is 0 Å². The van der Waals surface area contributed by atoms with Crippen molar-refractivity contribution in [1.29, 1.82) is 0 Å². The number of hydrogen-bond donors (Lipinski definition) is 1. The van der Waals surface area contributed by atoms with Crippen molar-refractivity contribution in [3.8, 4) is 0 Å². The van der Waals surface area contributed by atoms with Crippen LogP contribution in [0.5, 0.6) is 0 Å². The van der Waals surface area contributed by atoms with E-state index in [9.17, 15) is 8.42 Å². The van der Waals surface area contributed by atoms with E-state index >= 15 is 0 Å². The average molecular weight is 284 g/mol. The zero-order chi connectivity index (χ0) is 13.4. The molecule has 2 aromatic rings. The van der Waals surface area contributed by atoms with Gasteiger partial charge in [0.05, 0.1) is 16.0 Å². The van der Waals surface area contributed by atoms with Crippen LogP contribution < -0.4 is 5.73 Å². The average Bonchev–Trinajstić information content (AvgIpc) is 2.53. The molecule has 1 heterocycles. The lowest BCUT2D eigenvalue weighted by molar-refractivity contribution is 0.544. The summed E-state index contributed by atoms with van der Waals surface area (Å²) in [5.41, 5.74) is 5.89. The highest BCUT2D eigenvalue weighted by Crippen LogP contribution is 2.23. The molecule has 0 radical (unpaired) electrons. The molecule has 0 bridgehead atoms. The van der Waals surface area contributed by atoms with Gasteiger partial charge < -0.3 is 5.73 Å². The first-order valence-corrected chi connectivity index (χ1v) is 8.23. The topological polar surface area (TPSA) is 73.1 Å². The zero-order valence-corrected chi connectivity index (χ0v) is 12.0. The molecule has 1 aromatic carbocycles. The zero-order valence-electron chi connectivity index (χ0n) is 10.4. The molecule has 0 spiro atoms. The van der Waals surface area contributed by atoms with Gasteiger partial charge in [-0.2, -0.15) is 0 Å². The van der Waals surface area contributed by atoms with Crippen LogP contribution in [0.15, 0.2) is 24.3 Å². The van der Waals surface area contributed by atoms with Crippen molar-refractivity contribution in [2.75, 3.05) is 5.75 Å². The van der Waals surface area contributed by atoms with Gasteiger partial charge in [-0.3, -0.25) is 0 Å². The Hall–Kier alpha value is -0.980. The molecule has 98 valence electrons. The minimum Gasteiger partial charge on any atom is -0.325 e. The number of aromatic nitrogens is 1. The molecule has 0 aliphatic carbocycles. The number of hydrogen-bond acceptors (Lipinski definition) is 5. The maximum Gasteiger partial charge on any atom is 0.158 e. The highest BCUT2D eigenvalue weighted by Gasteiger charge is 2.23. The summed E-state index contributed by atoms with van der Waals surface area (Å²) >= 11 is 1.42. The Balaban J connectivity index is 2.23. The van der Waals surface area contributed by atoms with E-state index < -0.39 is 15.4 Å². The van der Waals surface area contributed by atoms with Gasteiger partial charge >= 0.3 is 0 Å². The number of nitrogens with two attached hydrogens (primary N) is 1. The number of nitrogens with zero attached hydrogens (tertiary/aromatic N) is 1. The minimum atomic E-state index is -3.22. The van der Waals surface area contributed by atoms with Crippen molar-refractivity contribution in [2.45, 2.75) is 25.1 Å². The second kappa shape index (κ2) is 4.60. The van der Waals surface area contributed by atoms with Gasteiger partial charge in [-0.1, -0.05) is 12.1 Å². The van der Waals surface area contributed by atoms with Crippen LogP contribution in [0.4, 0.5) is 0 Å². The molecule has 0 amide bonds. The molecule has 0 saturated carbocycles. The van der Waals surface area contributed by atoms with E-state index in [0.29, 0.717) is 5.01 Å². The summed E-state index contributed by atoms with van der Waals surface area (Å²) < 4.78 is 25.0. The van der Waals surface area contributed by atoms with Crippen molar-refractivity contribution in [2.24, 2.45) is 5.73 Å². The van der Waals surface area contributed by atoms with Crippen LogP contribution in [0.25, 0.3) is 10.2 Å². The van der Waals surface area contributed by atoms with E-state index in [0.717, 1.165) is 10.2 Å². The Labute approximate surface area is 111 Å². The number of rotatable bonds is 4. The number of benzene rings is 1. The van der Waals surface area contributed by atoms with Crippen molar-refractivity contribution in [3.05, 3.63) is 29.3 Å². The fraction of sp³-hybridized carbons (Fsp3) is 0.417. The summed E-state index contributed by atoms with van der Waals surface area (Å²) in [6.45, 7) is 3.42. The van der Waals surface area contributed by atoms with E-state index in [-0.39, 0.29) is 11.5 Å². The fourth-order valence-corrected chi connectivity index (χ4v) is 5.00. The Morgan fingerprint density at radius 2 is 2.00 bits per heavy atom. The summed E-state index contributed by atoms with van der Waals surface area (Å²) in [6.07, 6.45) is 0. The van der Waals surface area contributed by atoms with Crippen LogP contribution in [0.1, 0.15) is 18.9 Å². The minimum absolute atomic E-state index is 0.0318. The van der Waals surface area contributed by atoms with E-state index in [2.05, 4.69) is 4.98 Å². The number of thiazole rings is 1. The lowest BCUT2D eigenvalue weighted by Crippen LogP contribution is -2.40. The molecule has 18 heavy (non-hydrogen) atoms. The number of fused-ring (bicyclic) bond motifs is 1. The first-order chi connectivity index (χ1) is 8.25. The largest absolute Gasteiger partial charge is 0.325 e. The number of sulfone groups is 1. The smallest absolute Gasteiger partial charge is 0.158 e. The maximum absolute atomic E-state index is 12.0. The Kier molecular flexibility index (Phi) is 3.44. The SMILES string of the molecule is CC(C)(N)CS(=O)(=O)Cc1nc2ccccc2s1. The Bertz CT molecular complexity index is 621. The van der Waals surface area contributed by atoms with Gasteiger partial charge in [0, 0.05) is 5.54 Å². The molecule has 0 aliphatic heterocycles. The van der Waals surface area contributed by atoms with E-state index in [1.54, 1.807) is 13.8 Å². The van der Waals surface area contributed by atoms with Crippen LogP contribution >= 0.6 is 11.3 Å². The molecular formula is C12H16N2O2S2. The Morgan fingerprint density at radius 1 is 1.33 bits per heavy atom. The summed E-state index contributed by atoms with van der Waals surface area (Å²) in [4.78, 5) is 4.33. The Morgan fingerprint density at radius 3 is 2.61 bits per heavy atom. The van der Waals surface area contributed by atoms with Gasteiger partial charge in [0.25, 0.3) is 0 Å². The van der Waals surface area contributed by atoms with Gasteiger partial charge in [-0.15, -0.1) is 11.3 Å². The van der Waals surface area contributed by atoms with Gasteiger partial charge in [0.15, 0.2) is 9.84 Å². The molecule has 2 N–H and O–H groups in total. The van der Waals surface area contributed by atoms with E-state index in [1.807, 2.05) is 24.3 Å². The summed E-state index contributed by atoms with van der Waals surface area (Å²) in [6, 6.07) is 7.63. The van der Waals surface area contributed by atoms with Crippen molar-refractivity contribution >= 4 is 31.4 Å². The standard InChI is InChI=1S/C12H16N2O2S2/c1-12(2,13)8-18(15,16)7-11-14-9-5-3-4-6-10(9)17-11/h3-6H,7-8,13H2,1-2H3. The highest BCUT2D eigenvalue weighted by atomic mass is 32.2. The van der Waals surface area contributed by atoms with Crippen molar-refractivity contribution in [3.63, 3.8) is 0 Å². The first kappa shape index (κ1) is 13.5. The van der Waals surface area contributed by atoms with Crippen LogP contribution in [0.3, 0.4) is 0 Å². The molecule has 0 fully saturated rings. The first-order valence-electron chi connectivity index (χ1n) is 5.59. The summed E-state index contributed by atoms with van der Waals surface area (Å²) in [7, 11) is -3.22. The van der Waals surface area contributed by atoms with Crippen molar-refractivity contribution in [1.82, 2.24) is 4.98 Å². The molecule has 1 aromatic heterocycles. The lowest BCUT2D eigenvalue weighted by atomic mass is 10.1. The maximum atomic E-state index is 12.0. The molecule has 0 atom stereocenters. The molecule has 6 heteroatoms.